The van der Waals surface area contributed by atoms with E-state index >= 15 is 0 Å². The van der Waals surface area contributed by atoms with E-state index in [1.807, 2.05) is 12.1 Å². The second-order valence-corrected chi connectivity index (χ2v) is 9.56. The van der Waals surface area contributed by atoms with E-state index in [2.05, 4.69) is 4.98 Å². The second kappa shape index (κ2) is 7.92. The van der Waals surface area contributed by atoms with Gasteiger partial charge in [0.15, 0.2) is 15.0 Å². The standard InChI is InChI=1S/C21H18N2O5S2/c1-27-14-9-10-17-18(12-14)29-21(22-17)23(13-15-6-5-11-28-15)20(24)16-7-3-4-8-19(16)30(2,25)26/h3-12H,13H2,1-2H3. The molecular formula is C21H18N2O5S2. The Morgan fingerprint density at radius 3 is 2.67 bits per heavy atom. The van der Waals surface area contributed by atoms with Gasteiger partial charge in [-0.1, -0.05) is 23.5 Å². The molecule has 4 rings (SSSR count). The molecule has 0 N–H and O–H groups in total. The predicted molar refractivity (Wildman–Crippen MR) is 115 cm³/mol. The maximum absolute atomic E-state index is 13.5. The molecule has 0 saturated carbocycles. The molecule has 0 unspecified atom stereocenters. The molecule has 7 nitrogen and oxygen atoms in total. The summed E-state index contributed by atoms with van der Waals surface area (Å²) in [7, 11) is -2.01. The first-order valence-electron chi connectivity index (χ1n) is 8.95. The average molecular weight is 443 g/mol. The highest BCUT2D eigenvalue weighted by atomic mass is 32.2. The number of hydrogen-bond donors (Lipinski definition) is 0. The quantitative estimate of drug-likeness (QED) is 0.446. The highest BCUT2D eigenvalue weighted by Gasteiger charge is 2.27. The van der Waals surface area contributed by atoms with Crippen LogP contribution in [0, 0.1) is 0 Å². The molecule has 0 aliphatic carbocycles. The van der Waals surface area contributed by atoms with Crippen molar-refractivity contribution in [2.75, 3.05) is 18.3 Å². The summed E-state index contributed by atoms with van der Waals surface area (Å²) < 4.78 is 36.0. The van der Waals surface area contributed by atoms with Crippen molar-refractivity contribution in [2.24, 2.45) is 0 Å². The van der Waals surface area contributed by atoms with Crippen LogP contribution in [0.2, 0.25) is 0 Å². The van der Waals surface area contributed by atoms with Crippen LogP contribution < -0.4 is 9.64 Å². The van der Waals surface area contributed by atoms with Gasteiger partial charge in [0.2, 0.25) is 0 Å². The number of fused-ring (bicyclic) bond motifs is 1. The number of furan rings is 1. The molecule has 30 heavy (non-hydrogen) atoms. The van der Waals surface area contributed by atoms with Gasteiger partial charge in [-0.3, -0.25) is 9.69 Å². The van der Waals surface area contributed by atoms with Crippen molar-refractivity contribution in [2.45, 2.75) is 11.4 Å². The number of carbonyl (C=O) groups is 1. The van der Waals surface area contributed by atoms with E-state index in [1.165, 1.54) is 34.6 Å². The largest absolute Gasteiger partial charge is 0.497 e. The van der Waals surface area contributed by atoms with Crippen molar-refractivity contribution in [1.82, 2.24) is 4.98 Å². The summed E-state index contributed by atoms with van der Waals surface area (Å²) in [4.78, 5) is 19.5. The molecule has 1 amide bonds. The lowest BCUT2D eigenvalue weighted by atomic mass is 10.2. The molecule has 2 aromatic heterocycles. The number of amides is 1. The van der Waals surface area contributed by atoms with Crippen molar-refractivity contribution in [3.05, 3.63) is 72.2 Å². The number of benzene rings is 2. The first-order chi connectivity index (χ1) is 14.4. The lowest BCUT2D eigenvalue weighted by Crippen LogP contribution is -2.31. The van der Waals surface area contributed by atoms with Crippen LogP contribution in [0.1, 0.15) is 16.1 Å². The van der Waals surface area contributed by atoms with Gasteiger partial charge in [-0.15, -0.1) is 0 Å². The third-order valence-electron chi connectivity index (χ3n) is 4.47. The molecule has 0 fully saturated rings. The smallest absolute Gasteiger partial charge is 0.261 e. The summed E-state index contributed by atoms with van der Waals surface area (Å²) >= 11 is 1.32. The monoisotopic (exact) mass is 442 g/mol. The van der Waals surface area contributed by atoms with Crippen molar-refractivity contribution in [3.8, 4) is 5.75 Å². The molecule has 2 aromatic carbocycles. The van der Waals surface area contributed by atoms with Crippen LogP contribution in [0.4, 0.5) is 5.13 Å². The van der Waals surface area contributed by atoms with Crippen molar-refractivity contribution >= 4 is 42.4 Å². The Bertz CT molecular complexity index is 1310. The van der Waals surface area contributed by atoms with Crippen LogP contribution in [-0.4, -0.2) is 32.7 Å². The lowest BCUT2D eigenvalue weighted by molar-refractivity contribution is 0.0980. The minimum Gasteiger partial charge on any atom is -0.497 e. The van der Waals surface area contributed by atoms with Gasteiger partial charge in [-0.25, -0.2) is 13.4 Å². The van der Waals surface area contributed by atoms with E-state index < -0.39 is 15.7 Å². The summed E-state index contributed by atoms with van der Waals surface area (Å²) in [5.41, 5.74) is 0.799. The van der Waals surface area contributed by atoms with Gasteiger partial charge in [0.1, 0.15) is 11.5 Å². The zero-order valence-corrected chi connectivity index (χ0v) is 17.9. The molecular weight excluding hydrogens is 424 g/mol. The molecule has 0 spiro atoms. The predicted octanol–water partition coefficient (Wildman–Crippen LogP) is 4.15. The summed E-state index contributed by atoms with van der Waals surface area (Å²) in [5.74, 6) is 0.763. The van der Waals surface area contributed by atoms with Crippen molar-refractivity contribution in [3.63, 3.8) is 0 Å². The fraction of sp³-hybridized carbons (Fsp3) is 0.143. The molecule has 9 heteroatoms. The fourth-order valence-electron chi connectivity index (χ4n) is 3.03. The van der Waals surface area contributed by atoms with Crippen LogP contribution in [0.25, 0.3) is 10.2 Å². The van der Waals surface area contributed by atoms with Gasteiger partial charge in [0.05, 0.1) is 40.6 Å². The van der Waals surface area contributed by atoms with Crippen LogP contribution in [0.5, 0.6) is 5.75 Å². The fourth-order valence-corrected chi connectivity index (χ4v) is 4.90. The van der Waals surface area contributed by atoms with E-state index in [9.17, 15) is 13.2 Å². The number of aromatic nitrogens is 1. The second-order valence-electron chi connectivity index (χ2n) is 6.57. The minimum absolute atomic E-state index is 0.0257. The molecule has 0 aliphatic rings. The van der Waals surface area contributed by atoms with Crippen LogP contribution in [-0.2, 0) is 16.4 Å². The average Bonchev–Trinajstić information content (AvgIpc) is 3.39. The van der Waals surface area contributed by atoms with Crippen molar-refractivity contribution in [1.29, 1.82) is 0 Å². The van der Waals surface area contributed by atoms with Gasteiger partial charge in [-0.2, -0.15) is 0 Å². The van der Waals surface area contributed by atoms with Crippen LogP contribution >= 0.6 is 11.3 Å². The highest BCUT2D eigenvalue weighted by molar-refractivity contribution is 7.90. The van der Waals surface area contributed by atoms with E-state index in [4.69, 9.17) is 9.15 Å². The Labute approximate surface area is 177 Å². The molecule has 154 valence electrons. The third-order valence-corrected chi connectivity index (χ3v) is 6.67. The number of methoxy groups -OCH3 is 1. The first kappa shape index (κ1) is 20.1. The number of rotatable bonds is 6. The summed E-state index contributed by atoms with van der Waals surface area (Å²) in [5, 5.41) is 0.433. The van der Waals surface area contributed by atoms with Gasteiger partial charge < -0.3 is 9.15 Å². The van der Waals surface area contributed by atoms with E-state index in [1.54, 1.807) is 37.4 Å². The Morgan fingerprint density at radius 2 is 1.97 bits per heavy atom. The van der Waals surface area contributed by atoms with Crippen LogP contribution in [0.15, 0.2) is 70.2 Å². The number of ether oxygens (including phenoxy) is 1. The van der Waals surface area contributed by atoms with E-state index in [0.717, 1.165) is 11.0 Å². The highest BCUT2D eigenvalue weighted by Crippen LogP contribution is 2.33. The lowest BCUT2D eigenvalue weighted by Gasteiger charge is -2.20. The molecule has 0 aliphatic heterocycles. The normalized spacial score (nSPS) is 11.5. The Morgan fingerprint density at radius 1 is 1.17 bits per heavy atom. The summed E-state index contributed by atoms with van der Waals surface area (Å²) in [6, 6.07) is 15.1. The number of nitrogens with zero attached hydrogens (tertiary/aromatic N) is 2. The number of hydrogen-bond acceptors (Lipinski definition) is 7. The zero-order chi connectivity index (χ0) is 21.3. The number of sulfone groups is 1. The Balaban J connectivity index is 1.82. The Kier molecular flexibility index (Phi) is 5.31. The van der Waals surface area contributed by atoms with E-state index in [0.29, 0.717) is 22.2 Å². The number of thiazole rings is 1. The minimum atomic E-state index is -3.59. The SMILES string of the molecule is COc1ccc2nc(N(Cc3ccco3)C(=O)c3ccccc3S(C)(=O)=O)sc2c1. The summed E-state index contributed by atoms with van der Waals surface area (Å²) in [6.07, 6.45) is 2.60. The third kappa shape index (κ3) is 3.94. The number of anilines is 1. The Hall–Kier alpha value is -3.17. The van der Waals surface area contributed by atoms with Gasteiger partial charge in [0, 0.05) is 6.26 Å². The molecule has 2 heterocycles. The van der Waals surface area contributed by atoms with E-state index in [-0.39, 0.29) is 17.0 Å². The molecule has 0 radical (unpaired) electrons. The maximum atomic E-state index is 13.5. The zero-order valence-electron chi connectivity index (χ0n) is 16.2. The summed E-state index contributed by atoms with van der Waals surface area (Å²) in [6.45, 7) is 0.112. The molecule has 0 bridgehead atoms. The van der Waals surface area contributed by atoms with Gasteiger partial charge in [-0.05, 0) is 42.5 Å². The topological polar surface area (TPSA) is 89.7 Å². The van der Waals surface area contributed by atoms with Crippen LogP contribution in [0.3, 0.4) is 0 Å². The van der Waals surface area contributed by atoms with Crippen molar-refractivity contribution < 1.29 is 22.4 Å². The molecule has 0 saturated heterocycles. The van der Waals surface area contributed by atoms with Gasteiger partial charge in [0.25, 0.3) is 5.91 Å². The molecule has 0 atom stereocenters. The van der Waals surface area contributed by atoms with Gasteiger partial charge >= 0.3 is 0 Å². The number of carbonyl (C=O) groups excluding carboxylic acids is 1. The first-order valence-corrected chi connectivity index (χ1v) is 11.7. The molecule has 4 aromatic rings. The maximum Gasteiger partial charge on any atom is 0.261 e.